The van der Waals surface area contributed by atoms with Crippen molar-refractivity contribution in [2.45, 2.75) is 40.2 Å². The number of amides is 1. The van der Waals surface area contributed by atoms with Crippen molar-refractivity contribution in [3.8, 4) is 0 Å². The van der Waals surface area contributed by atoms with Crippen molar-refractivity contribution in [2.24, 2.45) is 0 Å². The van der Waals surface area contributed by atoms with Crippen molar-refractivity contribution in [3.63, 3.8) is 0 Å². The molecule has 0 radical (unpaired) electrons. The monoisotopic (exact) mass is 287 g/mol. The van der Waals surface area contributed by atoms with Gasteiger partial charge in [0.05, 0.1) is 12.5 Å². The summed E-state index contributed by atoms with van der Waals surface area (Å²) in [7, 11) is 0. The summed E-state index contributed by atoms with van der Waals surface area (Å²) in [5.74, 6) is 0.0811. The van der Waals surface area contributed by atoms with Crippen LogP contribution in [-0.4, -0.2) is 5.91 Å². The zero-order chi connectivity index (χ0) is 14.7. The van der Waals surface area contributed by atoms with Crippen molar-refractivity contribution in [1.82, 2.24) is 5.32 Å². The van der Waals surface area contributed by atoms with Crippen molar-refractivity contribution >= 4 is 17.2 Å². The lowest BCUT2D eigenvalue weighted by Crippen LogP contribution is -2.28. The van der Waals surface area contributed by atoms with Gasteiger partial charge in [-0.3, -0.25) is 4.79 Å². The van der Waals surface area contributed by atoms with Crippen molar-refractivity contribution in [3.05, 3.63) is 56.8 Å². The minimum atomic E-state index is 0.0433. The van der Waals surface area contributed by atoms with Gasteiger partial charge < -0.3 is 5.32 Å². The van der Waals surface area contributed by atoms with Crippen LogP contribution in [0.25, 0.3) is 0 Å². The van der Waals surface area contributed by atoms with Crippen LogP contribution in [0.4, 0.5) is 0 Å². The molecule has 1 aromatic carbocycles. The molecule has 0 unspecified atom stereocenters. The Morgan fingerprint density at radius 3 is 2.55 bits per heavy atom. The lowest BCUT2D eigenvalue weighted by molar-refractivity contribution is -0.121. The molecule has 0 bridgehead atoms. The third-order valence-corrected chi connectivity index (χ3v) is 4.52. The molecule has 2 rings (SSSR count). The summed E-state index contributed by atoms with van der Waals surface area (Å²) in [4.78, 5) is 13.2. The maximum Gasteiger partial charge on any atom is 0.225 e. The largest absolute Gasteiger partial charge is 0.349 e. The topological polar surface area (TPSA) is 29.1 Å². The van der Waals surface area contributed by atoms with Crippen LogP contribution in [-0.2, 0) is 11.2 Å². The van der Waals surface area contributed by atoms with E-state index < -0.39 is 0 Å². The summed E-state index contributed by atoms with van der Waals surface area (Å²) < 4.78 is 0. The van der Waals surface area contributed by atoms with E-state index in [1.807, 2.05) is 24.4 Å². The van der Waals surface area contributed by atoms with E-state index >= 15 is 0 Å². The van der Waals surface area contributed by atoms with E-state index in [1.54, 1.807) is 11.3 Å². The van der Waals surface area contributed by atoms with Gasteiger partial charge in [-0.05, 0) is 61.4 Å². The molecule has 1 atom stereocenters. The Morgan fingerprint density at radius 2 is 1.90 bits per heavy atom. The summed E-state index contributed by atoms with van der Waals surface area (Å²) in [5, 5.41) is 5.09. The van der Waals surface area contributed by atoms with Gasteiger partial charge in [0.1, 0.15) is 0 Å². The number of hydrogen-bond acceptors (Lipinski definition) is 2. The molecule has 2 aromatic rings. The zero-order valence-electron chi connectivity index (χ0n) is 12.5. The average molecular weight is 287 g/mol. The molecule has 1 aromatic heterocycles. The molecule has 0 spiro atoms. The second-order valence-electron chi connectivity index (χ2n) is 5.34. The van der Waals surface area contributed by atoms with Crippen LogP contribution in [0.2, 0.25) is 0 Å². The van der Waals surface area contributed by atoms with Gasteiger partial charge in [0.25, 0.3) is 0 Å². The summed E-state index contributed by atoms with van der Waals surface area (Å²) in [6.07, 6.45) is 0.464. The van der Waals surface area contributed by atoms with Gasteiger partial charge in [-0.1, -0.05) is 18.2 Å². The smallest absolute Gasteiger partial charge is 0.225 e. The van der Waals surface area contributed by atoms with E-state index in [0.717, 1.165) is 4.88 Å². The molecule has 0 aliphatic rings. The fourth-order valence-corrected chi connectivity index (χ4v) is 3.09. The van der Waals surface area contributed by atoms with Crippen LogP contribution in [0.5, 0.6) is 0 Å². The first kappa shape index (κ1) is 14.8. The van der Waals surface area contributed by atoms with Crippen LogP contribution < -0.4 is 5.32 Å². The molecule has 0 aliphatic heterocycles. The second kappa shape index (κ2) is 6.23. The summed E-state index contributed by atoms with van der Waals surface area (Å²) in [6, 6.07) is 8.38. The fraction of sp³-hybridized carbons (Fsp3) is 0.353. The minimum Gasteiger partial charge on any atom is -0.349 e. The molecule has 1 amide bonds. The van der Waals surface area contributed by atoms with E-state index in [1.165, 1.54) is 22.3 Å². The van der Waals surface area contributed by atoms with E-state index in [2.05, 4.69) is 38.2 Å². The Labute approximate surface area is 124 Å². The van der Waals surface area contributed by atoms with Gasteiger partial charge in [0, 0.05) is 4.88 Å². The SMILES string of the molecule is Cc1cc(C)c([C@H](C)NC(=O)Cc2cccs2)cc1C. The van der Waals surface area contributed by atoms with Crippen LogP contribution in [0.15, 0.2) is 29.6 Å². The number of carbonyl (C=O) groups is 1. The molecule has 3 heteroatoms. The predicted octanol–water partition coefficient (Wildman–Crippen LogP) is 4.09. The van der Waals surface area contributed by atoms with Crippen LogP contribution >= 0.6 is 11.3 Å². The van der Waals surface area contributed by atoms with Crippen molar-refractivity contribution < 1.29 is 4.79 Å². The van der Waals surface area contributed by atoms with E-state index in [9.17, 15) is 4.79 Å². The Hall–Kier alpha value is -1.61. The standard InChI is InChI=1S/C17H21NOS/c1-11-8-13(3)16(9-12(11)2)14(4)18-17(19)10-15-6-5-7-20-15/h5-9,14H,10H2,1-4H3,(H,18,19)/t14-/m0/s1. The third kappa shape index (κ3) is 3.48. The number of hydrogen-bond donors (Lipinski definition) is 1. The Morgan fingerprint density at radius 1 is 1.20 bits per heavy atom. The zero-order valence-corrected chi connectivity index (χ0v) is 13.3. The molecule has 0 saturated carbocycles. The molecule has 106 valence electrons. The van der Waals surface area contributed by atoms with Gasteiger partial charge in [0.2, 0.25) is 5.91 Å². The first-order chi connectivity index (χ1) is 9.47. The molecule has 0 saturated heterocycles. The van der Waals surface area contributed by atoms with Crippen LogP contribution in [0.3, 0.4) is 0 Å². The molecular formula is C17H21NOS. The first-order valence-corrected chi connectivity index (χ1v) is 7.75. The van der Waals surface area contributed by atoms with Gasteiger partial charge in [-0.25, -0.2) is 0 Å². The summed E-state index contributed by atoms with van der Waals surface area (Å²) >= 11 is 1.62. The average Bonchev–Trinajstić information content (AvgIpc) is 2.86. The molecule has 0 aliphatic carbocycles. The lowest BCUT2D eigenvalue weighted by atomic mass is 9.96. The summed E-state index contributed by atoms with van der Waals surface area (Å²) in [5.41, 5.74) is 5.00. The molecule has 0 fully saturated rings. The number of carbonyl (C=O) groups excluding carboxylic acids is 1. The second-order valence-corrected chi connectivity index (χ2v) is 6.37. The predicted molar refractivity (Wildman–Crippen MR) is 85.2 cm³/mol. The Kier molecular flexibility index (Phi) is 4.61. The molecular weight excluding hydrogens is 266 g/mol. The number of aryl methyl sites for hydroxylation is 3. The van der Waals surface area contributed by atoms with Gasteiger partial charge in [0.15, 0.2) is 0 Å². The first-order valence-electron chi connectivity index (χ1n) is 6.87. The highest BCUT2D eigenvalue weighted by Gasteiger charge is 2.13. The van der Waals surface area contributed by atoms with Crippen molar-refractivity contribution in [2.75, 3.05) is 0 Å². The number of benzene rings is 1. The highest BCUT2D eigenvalue weighted by molar-refractivity contribution is 7.10. The van der Waals surface area contributed by atoms with Gasteiger partial charge >= 0.3 is 0 Å². The highest BCUT2D eigenvalue weighted by atomic mass is 32.1. The minimum absolute atomic E-state index is 0.0433. The number of rotatable bonds is 4. The molecule has 2 nitrogen and oxygen atoms in total. The van der Waals surface area contributed by atoms with Crippen molar-refractivity contribution in [1.29, 1.82) is 0 Å². The number of thiophene rings is 1. The maximum atomic E-state index is 12.1. The Bertz CT molecular complexity index is 602. The Balaban J connectivity index is 2.06. The molecule has 20 heavy (non-hydrogen) atoms. The molecule has 1 N–H and O–H groups in total. The van der Waals surface area contributed by atoms with E-state index in [-0.39, 0.29) is 11.9 Å². The van der Waals surface area contributed by atoms with Crippen LogP contribution in [0.1, 0.15) is 40.1 Å². The normalized spacial score (nSPS) is 12.2. The fourth-order valence-electron chi connectivity index (χ4n) is 2.39. The van der Waals surface area contributed by atoms with Gasteiger partial charge in [-0.15, -0.1) is 11.3 Å². The van der Waals surface area contributed by atoms with Gasteiger partial charge in [-0.2, -0.15) is 0 Å². The highest BCUT2D eigenvalue weighted by Crippen LogP contribution is 2.21. The van der Waals surface area contributed by atoms with Crippen LogP contribution in [0, 0.1) is 20.8 Å². The van der Waals surface area contributed by atoms with E-state index in [4.69, 9.17) is 0 Å². The lowest BCUT2D eigenvalue weighted by Gasteiger charge is -2.18. The third-order valence-electron chi connectivity index (χ3n) is 3.64. The molecule has 1 heterocycles. The van der Waals surface area contributed by atoms with E-state index in [0.29, 0.717) is 6.42 Å². The maximum absolute atomic E-state index is 12.1. The summed E-state index contributed by atoms with van der Waals surface area (Å²) in [6.45, 7) is 8.37. The quantitative estimate of drug-likeness (QED) is 0.901. The number of nitrogens with one attached hydrogen (secondary N) is 1.